The average Bonchev–Trinajstić information content (AvgIpc) is 3.57. The van der Waals surface area contributed by atoms with Crippen LogP contribution in [0.25, 0.3) is 0 Å². The van der Waals surface area contributed by atoms with Crippen molar-refractivity contribution in [3.05, 3.63) is 81.3 Å². The number of hydrogen-bond acceptors (Lipinski definition) is 7. The van der Waals surface area contributed by atoms with Gasteiger partial charge in [-0.05, 0) is 61.3 Å². The number of amidine groups is 1. The van der Waals surface area contributed by atoms with Crippen molar-refractivity contribution in [3.8, 4) is 11.8 Å². The number of piperazine rings is 1. The molecule has 1 aromatic heterocycles. The summed E-state index contributed by atoms with van der Waals surface area (Å²) in [4.78, 5) is 34.7. The highest BCUT2D eigenvalue weighted by molar-refractivity contribution is 7.03. The molecule has 2 aromatic carbocycles. The maximum absolute atomic E-state index is 14.2. The molecule has 1 N–H and O–H groups in total. The van der Waals surface area contributed by atoms with Gasteiger partial charge < -0.3 is 15.0 Å². The number of benzene rings is 2. The van der Waals surface area contributed by atoms with Gasteiger partial charge in [-0.1, -0.05) is 23.7 Å². The van der Waals surface area contributed by atoms with E-state index < -0.39 is 12.1 Å². The molecule has 9 nitrogen and oxygen atoms in total. The fourth-order valence-electron chi connectivity index (χ4n) is 4.64. The molecule has 0 radical (unpaired) electrons. The van der Waals surface area contributed by atoms with Gasteiger partial charge in [0.15, 0.2) is 0 Å². The number of ether oxygens (including phenoxy) is 1. The number of nitriles is 1. The monoisotopic (exact) mass is 548 g/mol. The maximum Gasteiger partial charge on any atom is 0.326 e. The van der Waals surface area contributed by atoms with E-state index in [0.29, 0.717) is 40.8 Å². The lowest BCUT2D eigenvalue weighted by atomic mass is 9.95. The highest BCUT2D eigenvalue weighted by Crippen LogP contribution is 2.45. The minimum atomic E-state index is -0.529. The Balaban J connectivity index is 1.69. The molecule has 5 rings (SSSR count). The van der Waals surface area contributed by atoms with Crippen LogP contribution in [0.2, 0.25) is 5.02 Å². The van der Waals surface area contributed by atoms with Gasteiger partial charge >= 0.3 is 6.03 Å². The first-order valence-electron chi connectivity index (χ1n) is 12.1. The zero-order valence-corrected chi connectivity index (χ0v) is 22.4. The molecule has 2 aliphatic heterocycles. The first-order valence-corrected chi connectivity index (χ1v) is 13.4. The van der Waals surface area contributed by atoms with Gasteiger partial charge in [0.1, 0.15) is 24.2 Å². The molecule has 0 saturated carbocycles. The Hall–Kier alpha value is -3.94. The minimum Gasteiger partial charge on any atom is -0.490 e. The summed E-state index contributed by atoms with van der Waals surface area (Å²) in [5.74, 6) is 0.634. The van der Waals surface area contributed by atoms with Crippen molar-refractivity contribution in [2.45, 2.75) is 32.0 Å². The lowest BCUT2D eigenvalue weighted by molar-refractivity contribution is -0.123. The number of nitrogens with one attached hydrogen (secondary N) is 1. The highest BCUT2D eigenvalue weighted by atomic mass is 35.5. The number of nitrogens with zero attached hydrogens (tertiary/aromatic N) is 5. The number of amides is 3. The van der Waals surface area contributed by atoms with E-state index >= 15 is 0 Å². The van der Waals surface area contributed by atoms with Crippen LogP contribution in [0.4, 0.5) is 4.79 Å². The van der Waals surface area contributed by atoms with E-state index in [2.05, 4.69) is 15.8 Å². The molecule has 38 heavy (non-hydrogen) atoms. The Labute approximate surface area is 229 Å². The molecule has 2 unspecified atom stereocenters. The van der Waals surface area contributed by atoms with E-state index in [-0.39, 0.29) is 24.6 Å². The molecular formula is C27H25ClN6O3S. The molecule has 2 aliphatic rings. The summed E-state index contributed by atoms with van der Waals surface area (Å²) >= 11 is 7.51. The van der Waals surface area contributed by atoms with Crippen LogP contribution in [-0.4, -0.2) is 57.7 Å². The molecule has 0 bridgehead atoms. The van der Waals surface area contributed by atoms with E-state index in [1.165, 1.54) is 16.4 Å². The molecule has 3 amide bonds. The maximum atomic E-state index is 14.2. The van der Waals surface area contributed by atoms with E-state index in [1.54, 1.807) is 41.4 Å². The van der Waals surface area contributed by atoms with Gasteiger partial charge in [0.05, 0.1) is 29.3 Å². The van der Waals surface area contributed by atoms with E-state index in [4.69, 9.17) is 21.3 Å². The van der Waals surface area contributed by atoms with Crippen LogP contribution >= 0.6 is 23.1 Å². The standard InChI is InChI=1S/C27H25ClN6O3S/c1-16(2)37-22-11-17(12-29)3-8-21(22)26-32-24(19-13-31-38-15-19)25(18-4-6-20(28)7-5-18)34(26)27(36)33-10-9-30-23(35)14-33/h3-8,11,13,15-16,24-25H,9-10,14H2,1-2H3,(H,30,35). The third-order valence-corrected chi connectivity index (χ3v) is 7.16. The van der Waals surface area contributed by atoms with Gasteiger partial charge in [0.25, 0.3) is 0 Å². The Morgan fingerprint density at radius 3 is 2.68 bits per heavy atom. The average molecular weight is 549 g/mol. The fraction of sp³-hybridized carbons (Fsp3) is 0.296. The topological polar surface area (TPSA) is 111 Å². The molecule has 1 saturated heterocycles. The van der Waals surface area contributed by atoms with Crippen LogP contribution in [-0.2, 0) is 4.79 Å². The second-order valence-electron chi connectivity index (χ2n) is 9.27. The summed E-state index contributed by atoms with van der Waals surface area (Å²) in [6.45, 7) is 4.47. The van der Waals surface area contributed by atoms with Crippen molar-refractivity contribution in [2.75, 3.05) is 19.6 Å². The number of carbonyl (C=O) groups is 2. The van der Waals surface area contributed by atoms with Crippen molar-refractivity contribution in [1.82, 2.24) is 19.5 Å². The minimum absolute atomic E-state index is 0.0522. The van der Waals surface area contributed by atoms with Crippen LogP contribution < -0.4 is 10.1 Å². The molecule has 0 spiro atoms. The van der Waals surface area contributed by atoms with Gasteiger partial charge in [0.2, 0.25) is 5.91 Å². The summed E-state index contributed by atoms with van der Waals surface area (Å²) in [6.07, 6.45) is 1.58. The van der Waals surface area contributed by atoms with Crippen molar-refractivity contribution >= 4 is 40.9 Å². The van der Waals surface area contributed by atoms with E-state index in [0.717, 1.165) is 11.1 Å². The number of urea groups is 1. The Bertz CT molecular complexity index is 1420. The Morgan fingerprint density at radius 2 is 2.03 bits per heavy atom. The molecule has 3 aromatic rings. The molecule has 1 fully saturated rings. The zero-order chi connectivity index (χ0) is 26.8. The summed E-state index contributed by atoms with van der Waals surface area (Å²) < 4.78 is 10.4. The highest BCUT2D eigenvalue weighted by Gasteiger charge is 2.45. The largest absolute Gasteiger partial charge is 0.490 e. The lowest BCUT2D eigenvalue weighted by Crippen LogP contribution is -2.55. The second-order valence-corrected chi connectivity index (χ2v) is 10.4. The second kappa shape index (κ2) is 10.8. The van der Waals surface area contributed by atoms with Gasteiger partial charge in [-0.2, -0.15) is 5.26 Å². The van der Waals surface area contributed by atoms with Gasteiger partial charge in [0, 0.05) is 35.3 Å². The SMILES string of the molecule is CC(C)Oc1cc(C#N)ccc1C1=NC(c2cnsc2)C(c2ccc(Cl)cc2)N1C(=O)N1CCNC(=O)C1. The van der Waals surface area contributed by atoms with Gasteiger partial charge in [-0.15, -0.1) is 0 Å². The fourth-order valence-corrected chi connectivity index (χ4v) is 5.33. The van der Waals surface area contributed by atoms with Crippen molar-refractivity contribution in [3.63, 3.8) is 0 Å². The molecule has 3 heterocycles. The first-order chi connectivity index (χ1) is 18.4. The number of hydrogen-bond donors (Lipinski definition) is 1. The number of rotatable bonds is 5. The molecular weight excluding hydrogens is 524 g/mol. The molecule has 194 valence electrons. The Morgan fingerprint density at radius 1 is 1.24 bits per heavy atom. The number of halogens is 1. The zero-order valence-electron chi connectivity index (χ0n) is 20.8. The third kappa shape index (κ3) is 5.08. The van der Waals surface area contributed by atoms with E-state index in [9.17, 15) is 14.9 Å². The molecule has 11 heteroatoms. The van der Waals surface area contributed by atoms with E-state index in [1.807, 2.05) is 31.4 Å². The smallest absolute Gasteiger partial charge is 0.326 e. The quantitative estimate of drug-likeness (QED) is 0.503. The van der Waals surface area contributed by atoms with Crippen LogP contribution in [0.1, 0.15) is 48.2 Å². The summed E-state index contributed by atoms with van der Waals surface area (Å²) in [7, 11) is 0. The predicted octanol–water partition coefficient (Wildman–Crippen LogP) is 4.55. The summed E-state index contributed by atoms with van der Waals surface area (Å²) in [5, 5.41) is 14.8. The first kappa shape index (κ1) is 25.7. The van der Waals surface area contributed by atoms with Crippen LogP contribution in [0.3, 0.4) is 0 Å². The molecule has 2 atom stereocenters. The normalized spacial score (nSPS) is 19.2. The van der Waals surface area contributed by atoms with Crippen molar-refractivity contribution in [1.29, 1.82) is 5.26 Å². The van der Waals surface area contributed by atoms with Crippen LogP contribution in [0.15, 0.2) is 59.0 Å². The van der Waals surface area contributed by atoms with Gasteiger partial charge in [-0.3, -0.25) is 14.7 Å². The predicted molar refractivity (Wildman–Crippen MR) is 144 cm³/mol. The Kier molecular flexibility index (Phi) is 7.31. The number of aliphatic imine (C=N–C) groups is 1. The lowest BCUT2D eigenvalue weighted by Gasteiger charge is -2.35. The van der Waals surface area contributed by atoms with Crippen LogP contribution in [0.5, 0.6) is 5.75 Å². The summed E-state index contributed by atoms with van der Waals surface area (Å²) in [5.41, 5.74) is 2.71. The third-order valence-electron chi connectivity index (χ3n) is 6.30. The number of carbonyl (C=O) groups excluding carboxylic acids is 2. The summed E-state index contributed by atoms with van der Waals surface area (Å²) in [6, 6.07) is 13.2. The van der Waals surface area contributed by atoms with Crippen molar-refractivity contribution < 1.29 is 14.3 Å². The number of aromatic nitrogens is 1. The van der Waals surface area contributed by atoms with Gasteiger partial charge in [-0.25, -0.2) is 9.17 Å². The molecule has 0 aliphatic carbocycles. The van der Waals surface area contributed by atoms with Crippen molar-refractivity contribution in [2.24, 2.45) is 4.99 Å². The van der Waals surface area contributed by atoms with Crippen LogP contribution in [0, 0.1) is 11.3 Å².